The van der Waals surface area contributed by atoms with Gasteiger partial charge in [0.2, 0.25) is 0 Å². The van der Waals surface area contributed by atoms with Crippen LogP contribution in [0.25, 0.3) is 11.1 Å². The van der Waals surface area contributed by atoms with Crippen molar-refractivity contribution in [3.05, 3.63) is 84.4 Å². The molecule has 2 atom stereocenters. The lowest BCUT2D eigenvalue weighted by Crippen LogP contribution is -2.06. The summed E-state index contributed by atoms with van der Waals surface area (Å²) >= 11 is 0. The van der Waals surface area contributed by atoms with Gasteiger partial charge in [0.1, 0.15) is 0 Å². The predicted molar refractivity (Wildman–Crippen MR) is 96.4 cm³/mol. The summed E-state index contributed by atoms with van der Waals surface area (Å²) in [5.74, 6) is 1.33. The highest BCUT2D eigenvalue weighted by Gasteiger charge is 2.32. The second-order valence-electron chi connectivity index (χ2n) is 6.24. The van der Waals surface area contributed by atoms with Crippen molar-refractivity contribution in [1.29, 1.82) is 0 Å². The molecule has 0 saturated heterocycles. The molecule has 0 saturated carbocycles. The van der Waals surface area contributed by atoms with Crippen LogP contribution in [-0.4, -0.2) is 0 Å². The van der Waals surface area contributed by atoms with Crippen molar-refractivity contribution in [2.24, 2.45) is 11.8 Å². The van der Waals surface area contributed by atoms with E-state index in [4.69, 9.17) is 0 Å². The van der Waals surface area contributed by atoms with Gasteiger partial charge in [-0.15, -0.1) is 6.58 Å². The molecule has 0 amide bonds. The Labute approximate surface area is 134 Å². The highest BCUT2D eigenvalue weighted by molar-refractivity contribution is 5.94. The zero-order valence-electron chi connectivity index (χ0n) is 13.3. The molecule has 112 valence electrons. The number of allylic oxidation sites excluding steroid dienone is 3. The molecule has 0 nitrogen and oxygen atoms in total. The molecule has 0 heteroatoms. The van der Waals surface area contributed by atoms with Crippen LogP contribution in [0.5, 0.6) is 0 Å². The van der Waals surface area contributed by atoms with Gasteiger partial charge in [-0.25, -0.2) is 0 Å². The van der Waals surface area contributed by atoms with E-state index in [1.165, 1.54) is 29.5 Å². The molecule has 0 aliphatic heterocycles. The molecule has 0 fully saturated rings. The van der Waals surface area contributed by atoms with Gasteiger partial charge in [-0.05, 0) is 53.4 Å². The van der Waals surface area contributed by atoms with Crippen LogP contribution in [-0.2, 0) is 0 Å². The van der Waals surface area contributed by atoms with E-state index in [2.05, 4.69) is 80.2 Å². The summed E-state index contributed by atoms with van der Waals surface area (Å²) in [7, 11) is 0. The monoisotopic (exact) mass is 288 g/mol. The molecule has 0 radical (unpaired) electrons. The van der Waals surface area contributed by atoms with E-state index in [0.29, 0.717) is 5.92 Å². The molecule has 3 rings (SSSR count). The van der Waals surface area contributed by atoms with E-state index in [9.17, 15) is 0 Å². The lowest BCUT2D eigenvalue weighted by Gasteiger charge is -2.18. The molecule has 22 heavy (non-hydrogen) atoms. The van der Waals surface area contributed by atoms with Crippen molar-refractivity contribution in [2.75, 3.05) is 0 Å². The van der Waals surface area contributed by atoms with Gasteiger partial charge in [-0.1, -0.05) is 73.7 Å². The lowest BCUT2D eigenvalue weighted by atomic mass is 9.86. The van der Waals surface area contributed by atoms with Crippen molar-refractivity contribution in [2.45, 2.75) is 26.2 Å². The van der Waals surface area contributed by atoms with Gasteiger partial charge in [0.25, 0.3) is 0 Å². The highest BCUT2D eigenvalue weighted by atomic mass is 14.4. The first kappa shape index (κ1) is 14.8. The molecule has 0 aromatic heterocycles. The van der Waals surface area contributed by atoms with Crippen LogP contribution in [0, 0.1) is 11.8 Å². The summed E-state index contributed by atoms with van der Waals surface area (Å²) < 4.78 is 0. The van der Waals surface area contributed by atoms with Crippen LogP contribution in [0.4, 0.5) is 0 Å². The summed E-state index contributed by atoms with van der Waals surface area (Å²) in [4.78, 5) is 0. The average molecular weight is 288 g/mol. The minimum absolute atomic E-state index is 0.609. The molecule has 0 heterocycles. The van der Waals surface area contributed by atoms with E-state index in [-0.39, 0.29) is 0 Å². The number of benzene rings is 2. The molecule has 2 aromatic rings. The smallest absolute Gasteiger partial charge is 0.0150 e. The summed E-state index contributed by atoms with van der Waals surface area (Å²) in [5.41, 5.74) is 5.85. The van der Waals surface area contributed by atoms with E-state index in [1.807, 2.05) is 0 Å². The third-order valence-corrected chi connectivity index (χ3v) is 4.90. The zero-order valence-corrected chi connectivity index (χ0v) is 13.3. The summed E-state index contributed by atoms with van der Waals surface area (Å²) in [5, 5.41) is 0. The first-order chi connectivity index (χ1) is 10.8. The fourth-order valence-electron chi connectivity index (χ4n) is 3.71. The summed E-state index contributed by atoms with van der Waals surface area (Å²) in [6.07, 6.45) is 5.58. The van der Waals surface area contributed by atoms with Crippen molar-refractivity contribution in [3.8, 4) is 0 Å². The number of rotatable bonds is 5. The maximum atomic E-state index is 3.89. The van der Waals surface area contributed by atoms with E-state index >= 15 is 0 Å². The van der Waals surface area contributed by atoms with E-state index < -0.39 is 0 Å². The fourth-order valence-corrected chi connectivity index (χ4v) is 3.71. The molecule has 0 N–H and O–H groups in total. The molecule has 0 bridgehead atoms. The van der Waals surface area contributed by atoms with Crippen LogP contribution in [0.15, 0.2) is 73.3 Å². The van der Waals surface area contributed by atoms with Gasteiger partial charge >= 0.3 is 0 Å². The number of hydrogen-bond acceptors (Lipinski definition) is 0. The Morgan fingerprint density at radius 2 is 1.55 bits per heavy atom. The minimum Gasteiger partial charge on any atom is -0.103 e. The van der Waals surface area contributed by atoms with Crippen LogP contribution in [0.1, 0.15) is 37.3 Å². The molecule has 2 aromatic carbocycles. The van der Waals surface area contributed by atoms with Gasteiger partial charge < -0.3 is 0 Å². The maximum absolute atomic E-state index is 3.89. The standard InChI is InChI=1S/C22H24/c1-3-4-11-20-16-21(18-12-7-5-8-13-18)22(17(20)2)19-14-9-6-10-15-19/h3,5-10,12-15,17,20H,1,4,11,16H2,2H3/t17-,20-/m1/s1. The quantitative estimate of drug-likeness (QED) is 0.573. The summed E-state index contributed by atoms with van der Waals surface area (Å²) in [6, 6.07) is 21.8. The third-order valence-electron chi connectivity index (χ3n) is 4.90. The Morgan fingerprint density at radius 1 is 0.955 bits per heavy atom. The van der Waals surface area contributed by atoms with Crippen LogP contribution in [0.2, 0.25) is 0 Å². The minimum atomic E-state index is 0.609. The topological polar surface area (TPSA) is 0 Å². The third kappa shape index (κ3) is 2.92. The Hall–Kier alpha value is -2.08. The summed E-state index contributed by atoms with van der Waals surface area (Å²) in [6.45, 7) is 6.28. The average Bonchev–Trinajstić information content (AvgIpc) is 2.91. The Bertz CT molecular complexity index is 649. The van der Waals surface area contributed by atoms with E-state index in [0.717, 1.165) is 12.3 Å². The first-order valence-electron chi connectivity index (χ1n) is 8.26. The SMILES string of the molecule is C=CCC[C@@H]1CC(c2ccccc2)=C(c2ccccc2)[C@@H]1C. The van der Waals surface area contributed by atoms with Gasteiger partial charge in [0, 0.05) is 0 Å². The Kier molecular flexibility index (Phi) is 4.58. The van der Waals surface area contributed by atoms with Crippen LogP contribution < -0.4 is 0 Å². The molecular formula is C22H24. The van der Waals surface area contributed by atoms with Crippen molar-refractivity contribution in [1.82, 2.24) is 0 Å². The van der Waals surface area contributed by atoms with Gasteiger partial charge in [-0.3, -0.25) is 0 Å². The van der Waals surface area contributed by atoms with Crippen LogP contribution in [0.3, 0.4) is 0 Å². The first-order valence-corrected chi connectivity index (χ1v) is 8.26. The van der Waals surface area contributed by atoms with Crippen molar-refractivity contribution < 1.29 is 0 Å². The zero-order chi connectivity index (χ0) is 15.4. The van der Waals surface area contributed by atoms with Crippen LogP contribution >= 0.6 is 0 Å². The molecular weight excluding hydrogens is 264 g/mol. The van der Waals surface area contributed by atoms with Crippen molar-refractivity contribution in [3.63, 3.8) is 0 Å². The normalized spacial score (nSPS) is 21.1. The molecule has 0 spiro atoms. The van der Waals surface area contributed by atoms with Gasteiger partial charge in [-0.2, -0.15) is 0 Å². The largest absolute Gasteiger partial charge is 0.103 e. The second-order valence-corrected chi connectivity index (χ2v) is 6.24. The predicted octanol–water partition coefficient (Wildman–Crippen LogP) is 6.22. The lowest BCUT2D eigenvalue weighted by molar-refractivity contribution is 0.433. The molecule has 0 unspecified atom stereocenters. The number of hydrogen-bond donors (Lipinski definition) is 0. The second kappa shape index (κ2) is 6.79. The maximum Gasteiger partial charge on any atom is -0.0150 e. The van der Waals surface area contributed by atoms with Crippen molar-refractivity contribution >= 4 is 11.1 Å². The van der Waals surface area contributed by atoms with Gasteiger partial charge in [0.15, 0.2) is 0 Å². The Morgan fingerprint density at radius 3 is 2.14 bits per heavy atom. The van der Waals surface area contributed by atoms with Gasteiger partial charge in [0.05, 0.1) is 0 Å². The fraction of sp³-hybridized carbons (Fsp3) is 0.273. The molecule has 1 aliphatic carbocycles. The van der Waals surface area contributed by atoms with E-state index in [1.54, 1.807) is 5.57 Å². The molecule has 1 aliphatic rings. The highest BCUT2D eigenvalue weighted by Crippen LogP contribution is 2.48. The Balaban J connectivity index is 2.02.